The van der Waals surface area contributed by atoms with E-state index in [0.29, 0.717) is 25.5 Å². The Labute approximate surface area is 144 Å². The summed E-state index contributed by atoms with van der Waals surface area (Å²) in [5.74, 6) is 0.318. The van der Waals surface area contributed by atoms with Gasteiger partial charge in [0, 0.05) is 25.7 Å². The van der Waals surface area contributed by atoms with Gasteiger partial charge in [0.2, 0.25) is 0 Å². The molecule has 2 aromatic heterocycles. The summed E-state index contributed by atoms with van der Waals surface area (Å²) in [6.07, 6.45) is 3.21. The predicted octanol–water partition coefficient (Wildman–Crippen LogP) is 0.954. The van der Waals surface area contributed by atoms with Crippen LogP contribution in [-0.2, 0) is 0 Å². The van der Waals surface area contributed by atoms with Gasteiger partial charge in [-0.1, -0.05) is 0 Å². The summed E-state index contributed by atoms with van der Waals surface area (Å²) in [6, 6.07) is 4.48. The highest BCUT2D eigenvalue weighted by Crippen LogP contribution is 2.17. The van der Waals surface area contributed by atoms with E-state index in [1.54, 1.807) is 24.0 Å². The molecule has 2 amide bonds. The fourth-order valence-corrected chi connectivity index (χ4v) is 3.00. The molecule has 1 fully saturated rings. The van der Waals surface area contributed by atoms with Crippen molar-refractivity contribution in [3.05, 3.63) is 52.1 Å². The zero-order valence-electron chi connectivity index (χ0n) is 13.9. The summed E-state index contributed by atoms with van der Waals surface area (Å²) in [4.78, 5) is 44.4. The number of aromatic amines is 1. The second-order valence-electron chi connectivity index (χ2n) is 6.16. The number of piperidine rings is 1. The van der Waals surface area contributed by atoms with E-state index in [9.17, 15) is 14.4 Å². The van der Waals surface area contributed by atoms with Crippen LogP contribution in [0.2, 0.25) is 0 Å². The van der Waals surface area contributed by atoms with Gasteiger partial charge in [0.15, 0.2) is 5.76 Å². The highest BCUT2D eigenvalue weighted by atomic mass is 16.3. The van der Waals surface area contributed by atoms with Gasteiger partial charge in [0.1, 0.15) is 11.5 Å². The number of hydrogen-bond donors (Lipinski definition) is 2. The fourth-order valence-electron chi connectivity index (χ4n) is 3.00. The van der Waals surface area contributed by atoms with Crippen LogP contribution in [0.15, 0.2) is 33.7 Å². The number of aromatic nitrogens is 2. The largest absolute Gasteiger partial charge is 0.459 e. The Kier molecular flexibility index (Phi) is 4.97. The van der Waals surface area contributed by atoms with Crippen LogP contribution in [0, 0.1) is 12.8 Å². The summed E-state index contributed by atoms with van der Waals surface area (Å²) in [5, 5.41) is 2.83. The van der Waals surface area contributed by atoms with Crippen molar-refractivity contribution in [2.24, 2.45) is 5.92 Å². The van der Waals surface area contributed by atoms with Crippen LogP contribution in [0.1, 0.15) is 39.7 Å². The maximum absolute atomic E-state index is 12.6. The number of aryl methyl sites for hydroxylation is 1. The smallest absolute Gasteiger partial charge is 0.286 e. The number of amides is 2. The predicted molar refractivity (Wildman–Crippen MR) is 89.3 cm³/mol. The number of nitrogens with one attached hydrogen (secondary N) is 2. The molecule has 0 spiro atoms. The molecule has 0 bridgehead atoms. The molecule has 0 saturated carbocycles. The van der Waals surface area contributed by atoms with Gasteiger partial charge >= 0.3 is 0 Å². The summed E-state index contributed by atoms with van der Waals surface area (Å²) in [5.41, 5.74) is -0.184. The average Bonchev–Trinajstić information content (AvgIpc) is 3.13. The first kappa shape index (κ1) is 16.9. The lowest BCUT2D eigenvalue weighted by Gasteiger charge is -2.32. The molecule has 1 atom stereocenters. The first-order chi connectivity index (χ1) is 12.0. The van der Waals surface area contributed by atoms with E-state index in [1.807, 2.05) is 0 Å². The Balaban J connectivity index is 1.59. The van der Waals surface area contributed by atoms with Crippen LogP contribution < -0.4 is 10.9 Å². The van der Waals surface area contributed by atoms with Crippen molar-refractivity contribution in [1.82, 2.24) is 20.2 Å². The highest BCUT2D eigenvalue weighted by Gasteiger charge is 2.26. The van der Waals surface area contributed by atoms with Crippen molar-refractivity contribution in [2.45, 2.75) is 19.8 Å². The molecule has 25 heavy (non-hydrogen) atoms. The zero-order valence-corrected chi connectivity index (χ0v) is 13.9. The van der Waals surface area contributed by atoms with Crippen LogP contribution in [0.4, 0.5) is 0 Å². The van der Waals surface area contributed by atoms with E-state index >= 15 is 0 Å². The Hall–Kier alpha value is -2.90. The molecule has 2 aromatic rings. The van der Waals surface area contributed by atoms with E-state index in [-0.39, 0.29) is 34.7 Å². The Morgan fingerprint density at radius 1 is 1.48 bits per heavy atom. The molecule has 1 aliphatic heterocycles. The summed E-state index contributed by atoms with van der Waals surface area (Å²) < 4.78 is 5.06. The zero-order chi connectivity index (χ0) is 17.8. The minimum Gasteiger partial charge on any atom is -0.459 e. The first-order valence-electron chi connectivity index (χ1n) is 8.22. The molecule has 0 aromatic carbocycles. The fraction of sp³-hybridized carbons (Fsp3) is 0.412. The lowest BCUT2D eigenvalue weighted by molar-refractivity contribution is 0.0663. The third kappa shape index (κ3) is 4.14. The van der Waals surface area contributed by atoms with E-state index in [4.69, 9.17) is 4.42 Å². The Bertz CT molecular complexity index is 812. The maximum atomic E-state index is 12.6. The van der Waals surface area contributed by atoms with Crippen LogP contribution in [0.3, 0.4) is 0 Å². The Morgan fingerprint density at radius 2 is 2.32 bits per heavy atom. The standard InChI is InChI=1S/C17H20N4O4/c1-11-19-13(8-15(22)20-11)17(24)21-6-2-4-12(10-21)9-18-16(23)14-5-3-7-25-14/h3,5,7-8,12H,2,4,6,9-10H2,1H3,(H,18,23)(H,19,20,22). The van der Waals surface area contributed by atoms with Gasteiger partial charge in [-0.25, -0.2) is 4.98 Å². The van der Waals surface area contributed by atoms with E-state index in [2.05, 4.69) is 15.3 Å². The van der Waals surface area contributed by atoms with E-state index in [1.165, 1.54) is 12.3 Å². The number of hydrogen-bond acceptors (Lipinski definition) is 5. The number of rotatable bonds is 4. The lowest BCUT2D eigenvalue weighted by atomic mass is 9.97. The minimum atomic E-state index is -0.338. The van der Waals surface area contributed by atoms with E-state index < -0.39 is 0 Å². The van der Waals surface area contributed by atoms with Crippen molar-refractivity contribution in [3.8, 4) is 0 Å². The summed E-state index contributed by atoms with van der Waals surface area (Å²) in [7, 11) is 0. The quantitative estimate of drug-likeness (QED) is 0.858. The number of carbonyl (C=O) groups is 2. The molecule has 0 aliphatic carbocycles. The van der Waals surface area contributed by atoms with Gasteiger partial charge in [0.05, 0.1) is 6.26 Å². The minimum absolute atomic E-state index is 0.153. The van der Waals surface area contributed by atoms with Crippen molar-refractivity contribution < 1.29 is 14.0 Å². The van der Waals surface area contributed by atoms with E-state index in [0.717, 1.165) is 12.8 Å². The number of H-pyrrole nitrogens is 1. The molecule has 0 radical (unpaired) electrons. The number of likely N-dealkylation sites (tertiary alicyclic amines) is 1. The van der Waals surface area contributed by atoms with Gasteiger partial charge < -0.3 is 19.6 Å². The second kappa shape index (κ2) is 7.33. The molecule has 3 rings (SSSR count). The molecule has 2 N–H and O–H groups in total. The molecule has 1 saturated heterocycles. The Morgan fingerprint density at radius 3 is 3.04 bits per heavy atom. The van der Waals surface area contributed by atoms with Gasteiger partial charge in [0.25, 0.3) is 17.4 Å². The molecule has 1 aliphatic rings. The highest BCUT2D eigenvalue weighted by molar-refractivity contribution is 5.92. The van der Waals surface area contributed by atoms with Crippen molar-refractivity contribution in [3.63, 3.8) is 0 Å². The molecule has 132 valence electrons. The maximum Gasteiger partial charge on any atom is 0.286 e. The first-order valence-corrected chi connectivity index (χ1v) is 8.22. The van der Waals surface area contributed by atoms with Crippen molar-refractivity contribution in [2.75, 3.05) is 19.6 Å². The number of nitrogens with zero attached hydrogens (tertiary/aromatic N) is 2. The second-order valence-corrected chi connectivity index (χ2v) is 6.16. The molecule has 8 nitrogen and oxygen atoms in total. The molecule has 1 unspecified atom stereocenters. The summed E-state index contributed by atoms with van der Waals surface area (Å²) >= 11 is 0. The number of furan rings is 1. The molecule has 3 heterocycles. The normalized spacial score (nSPS) is 17.3. The molecular formula is C17H20N4O4. The third-order valence-electron chi connectivity index (χ3n) is 4.18. The lowest BCUT2D eigenvalue weighted by Crippen LogP contribution is -2.44. The topological polar surface area (TPSA) is 108 Å². The van der Waals surface area contributed by atoms with Crippen molar-refractivity contribution in [1.29, 1.82) is 0 Å². The van der Waals surface area contributed by atoms with Gasteiger partial charge in [-0.3, -0.25) is 14.4 Å². The van der Waals surface area contributed by atoms with Crippen LogP contribution in [0.5, 0.6) is 0 Å². The average molecular weight is 344 g/mol. The third-order valence-corrected chi connectivity index (χ3v) is 4.18. The molecule has 8 heteroatoms. The van der Waals surface area contributed by atoms with Gasteiger partial charge in [-0.15, -0.1) is 0 Å². The van der Waals surface area contributed by atoms with Crippen LogP contribution in [0.25, 0.3) is 0 Å². The van der Waals surface area contributed by atoms with Crippen molar-refractivity contribution >= 4 is 11.8 Å². The van der Waals surface area contributed by atoms with Crippen LogP contribution in [-0.4, -0.2) is 46.3 Å². The number of carbonyl (C=O) groups excluding carboxylic acids is 2. The SMILES string of the molecule is Cc1nc(C(=O)N2CCCC(CNC(=O)c3ccco3)C2)cc(=O)[nH]1. The van der Waals surface area contributed by atoms with Crippen LogP contribution >= 0.6 is 0 Å². The monoisotopic (exact) mass is 344 g/mol. The van der Waals surface area contributed by atoms with Gasteiger partial charge in [-0.05, 0) is 37.8 Å². The van der Waals surface area contributed by atoms with Gasteiger partial charge in [-0.2, -0.15) is 0 Å². The summed E-state index contributed by atoms with van der Waals surface area (Å²) in [6.45, 7) is 3.24. The molecular weight excluding hydrogens is 324 g/mol.